The summed E-state index contributed by atoms with van der Waals surface area (Å²) in [7, 11) is -3.25. The fourth-order valence-electron chi connectivity index (χ4n) is 4.74. The standard InChI is InChI=1S/C26H35FN5O6PSi/c1-6-40(7-2,8-3)38-22-19(14-15-39(34,35-4)36-5)37-26(20(22)27)32-17-30-21-23(28-16-29-24(21)32)31-25(33)18-12-10-9-11-13-18/h9-17,19-20,22,26H,6-8H2,1-5H3,(H,28,29,31,33)/b15-14+/t19-,20+,22-,26-/m1/s1. The summed E-state index contributed by atoms with van der Waals surface area (Å²) in [6.07, 6.45) is -0.463. The van der Waals surface area contributed by atoms with Crippen LogP contribution in [0.5, 0.6) is 0 Å². The van der Waals surface area contributed by atoms with E-state index in [0.29, 0.717) is 5.56 Å². The lowest BCUT2D eigenvalue weighted by Gasteiger charge is -2.33. The molecule has 0 aliphatic carbocycles. The van der Waals surface area contributed by atoms with Gasteiger partial charge in [-0.05, 0) is 36.3 Å². The Morgan fingerprint density at radius 3 is 2.42 bits per heavy atom. The van der Waals surface area contributed by atoms with Gasteiger partial charge in [-0.15, -0.1) is 0 Å². The maximum absolute atomic E-state index is 16.3. The molecule has 14 heteroatoms. The van der Waals surface area contributed by atoms with Crippen LogP contribution in [0.15, 0.2) is 54.9 Å². The Hall–Kier alpha value is -2.80. The zero-order valence-corrected chi connectivity index (χ0v) is 25.1. The number of hydrogen-bond donors (Lipinski definition) is 1. The number of ether oxygens (including phenoxy) is 1. The SMILES string of the molecule is CC[Si](CC)(CC)O[C@H]1[C@H](F)[C@H](n2cnc3c(NC(=O)c4ccccc4)ncnc32)O[C@@H]1/C=C/P(=O)(OC)OC. The number of benzene rings is 1. The third kappa shape index (κ3) is 6.09. The molecule has 1 N–H and O–H groups in total. The molecule has 40 heavy (non-hydrogen) atoms. The number of anilines is 1. The van der Waals surface area contributed by atoms with Gasteiger partial charge in [-0.25, -0.2) is 19.3 Å². The Morgan fingerprint density at radius 2 is 1.80 bits per heavy atom. The summed E-state index contributed by atoms with van der Waals surface area (Å²) in [5.74, 6) is 1.09. The van der Waals surface area contributed by atoms with Crippen molar-refractivity contribution >= 4 is 38.8 Å². The van der Waals surface area contributed by atoms with Crippen molar-refractivity contribution in [3.8, 4) is 0 Å². The second-order valence-electron chi connectivity index (χ2n) is 9.37. The summed E-state index contributed by atoms with van der Waals surface area (Å²) in [6, 6.07) is 11.1. The lowest BCUT2D eigenvalue weighted by atomic mass is 10.1. The first-order valence-corrected chi connectivity index (χ1v) is 17.3. The van der Waals surface area contributed by atoms with Crippen molar-refractivity contribution in [1.82, 2.24) is 19.5 Å². The normalized spacial score (nSPS) is 21.9. The summed E-state index contributed by atoms with van der Waals surface area (Å²) in [6.45, 7) is 6.17. The van der Waals surface area contributed by atoms with Crippen LogP contribution in [-0.2, 0) is 22.8 Å². The second-order valence-corrected chi connectivity index (χ2v) is 16.2. The highest BCUT2D eigenvalue weighted by molar-refractivity contribution is 7.57. The lowest BCUT2D eigenvalue weighted by molar-refractivity contribution is -0.00135. The van der Waals surface area contributed by atoms with Crippen molar-refractivity contribution in [2.45, 2.75) is 63.5 Å². The summed E-state index contributed by atoms with van der Waals surface area (Å²) in [5, 5.41) is 2.75. The summed E-state index contributed by atoms with van der Waals surface area (Å²) < 4.78 is 53.2. The fraction of sp³-hybridized carbons (Fsp3) is 0.462. The predicted molar refractivity (Wildman–Crippen MR) is 151 cm³/mol. The maximum atomic E-state index is 16.3. The molecule has 3 heterocycles. The molecule has 1 fully saturated rings. The zero-order chi connectivity index (χ0) is 28.9. The van der Waals surface area contributed by atoms with Gasteiger partial charge in [-0.1, -0.05) is 39.0 Å². The van der Waals surface area contributed by atoms with Crippen LogP contribution in [0.4, 0.5) is 10.2 Å². The van der Waals surface area contributed by atoms with Crippen molar-refractivity contribution in [2.24, 2.45) is 0 Å². The number of halogens is 1. The Labute approximate surface area is 233 Å². The first-order chi connectivity index (χ1) is 19.2. The summed E-state index contributed by atoms with van der Waals surface area (Å²) in [4.78, 5) is 25.6. The van der Waals surface area contributed by atoms with E-state index < -0.39 is 40.5 Å². The van der Waals surface area contributed by atoms with Crippen LogP contribution in [0.1, 0.15) is 37.4 Å². The number of rotatable bonds is 12. The van der Waals surface area contributed by atoms with E-state index in [2.05, 4.69) is 41.0 Å². The second kappa shape index (κ2) is 12.8. The highest BCUT2D eigenvalue weighted by Gasteiger charge is 2.49. The van der Waals surface area contributed by atoms with Gasteiger partial charge in [-0.3, -0.25) is 13.9 Å². The van der Waals surface area contributed by atoms with Gasteiger partial charge in [-0.2, -0.15) is 0 Å². The van der Waals surface area contributed by atoms with Crippen LogP contribution in [-0.4, -0.2) is 66.3 Å². The zero-order valence-electron chi connectivity index (χ0n) is 23.2. The quantitative estimate of drug-likeness (QED) is 0.208. The molecule has 1 amide bonds. The van der Waals surface area contributed by atoms with E-state index >= 15 is 4.39 Å². The van der Waals surface area contributed by atoms with Crippen molar-refractivity contribution in [1.29, 1.82) is 0 Å². The molecular weight excluding hydrogens is 556 g/mol. The fourth-order valence-corrected chi connectivity index (χ4v) is 8.35. The smallest absolute Gasteiger partial charge is 0.353 e. The molecule has 3 aromatic rings. The number of nitrogens with zero attached hydrogens (tertiary/aromatic N) is 4. The summed E-state index contributed by atoms with van der Waals surface area (Å²) in [5.41, 5.74) is 1.01. The van der Waals surface area contributed by atoms with Crippen molar-refractivity contribution in [2.75, 3.05) is 19.5 Å². The molecule has 0 unspecified atom stereocenters. The third-order valence-corrected chi connectivity index (χ3v) is 13.6. The van der Waals surface area contributed by atoms with Crippen LogP contribution in [0.3, 0.4) is 0 Å². The van der Waals surface area contributed by atoms with Gasteiger partial charge in [0.2, 0.25) is 0 Å². The molecule has 216 valence electrons. The highest BCUT2D eigenvalue weighted by Crippen LogP contribution is 2.49. The highest BCUT2D eigenvalue weighted by atomic mass is 31.2. The average molecular weight is 592 g/mol. The van der Waals surface area contributed by atoms with E-state index in [1.807, 2.05) is 6.07 Å². The molecule has 0 spiro atoms. The van der Waals surface area contributed by atoms with Crippen molar-refractivity contribution < 1.29 is 32.0 Å². The van der Waals surface area contributed by atoms with E-state index in [-0.39, 0.29) is 22.9 Å². The number of alkyl halides is 1. The molecule has 1 aliphatic heterocycles. The Bertz CT molecular complexity index is 1370. The van der Waals surface area contributed by atoms with Crippen molar-refractivity contribution in [3.63, 3.8) is 0 Å². The third-order valence-electron chi connectivity index (χ3n) is 7.39. The largest absolute Gasteiger partial charge is 0.408 e. The molecule has 1 aromatic carbocycles. The molecule has 4 atom stereocenters. The predicted octanol–water partition coefficient (Wildman–Crippen LogP) is 5.70. The Balaban J connectivity index is 1.68. The first-order valence-electron chi connectivity index (χ1n) is 13.2. The minimum absolute atomic E-state index is 0.186. The molecule has 1 aliphatic rings. The molecule has 11 nitrogen and oxygen atoms in total. The van der Waals surface area contributed by atoms with Gasteiger partial charge in [0.25, 0.3) is 5.91 Å². The molecule has 0 bridgehead atoms. The minimum atomic E-state index is -3.52. The number of nitrogens with one attached hydrogen (secondary N) is 1. The van der Waals surface area contributed by atoms with Crippen molar-refractivity contribution in [3.05, 3.63) is 60.4 Å². The van der Waals surface area contributed by atoms with Gasteiger partial charge in [0.1, 0.15) is 18.5 Å². The maximum Gasteiger partial charge on any atom is 0.353 e. The number of fused-ring (bicyclic) bond motifs is 1. The minimum Gasteiger partial charge on any atom is -0.408 e. The number of carbonyl (C=O) groups is 1. The van der Waals surface area contributed by atoms with Crippen LogP contribution < -0.4 is 5.32 Å². The van der Waals surface area contributed by atoms with E-state index in [4.69, 9.17) is 18.2 Å². The lowest BCUT2D eigenvalue weighted by Crippen LogP contribution is -2.45. The van der Waals surface area contributed by atoms with Crippen LogP contribution in [0, 0.1) is 0 Å². The van der Waals surface area contributed by atoms with Gasteiger partial charge in [0.15, 0.2) is 37.7 Å². The monoisotopic (exact) mass is 591 g/mol. The van der Waals surface area contributed by atoms with E-state index in [9.17, 15) is 9.36 Å². The molecule has 0 saturated carbocycles. The van der Waals surface area contributed by atoms with Gasteiger partial charge in [0.05, 0.1) is 6.33 Å². The first kappa shape index (κ1) is 30.2. The molecular formula is C26H35FN5O6PSi. The Morgan fingerprint density at radius 1 is 1.12 bits per heavy atom. The van der Waals surface area contributed by atoms with Crippen LogP contribution >= 0.6 is 7.60 Å². The molecule has 1 saturated heterocycles. The van der Waals surface area contributed by atoms with E-state index in [0.717, 1.165) is 18.1 Å². The number of amides is 1. The van der Waals surface area contributed by atoms with E-state index in [1.165, 1.54) is 43.3 Å². The number of aromatic nitrogens is 4. The topological polar surface area (TPSA) is 127 Å². The number of hydrogen-bond acceptors (Lipinski definition) is 9. The average Bonchev–Trinajstić information content (AvgIpc) is 3.56. The van der Waals surface area contributed by atoms with Gasteiger partial charge >= 0.3 is 7.60 Å². The number of imidazole rings is 1. The molecule has 4 rings (SSSR count). The Kier molecular flexibility index (Phi) is 9.65. The van der Waals surface area contributed by atoms with Crippen LogP contribution in [0.2, 0.25) is 18.1 Å². The van der Waals surface area contributed by atoms with Gasteiger partial charge in [0, 0.05) is 25.6 Å². The van der Waals surface area contributed by atoms with Gasteiger partial charge < -0.3 is 23.5 Å². The van der Waals surface area contributed by atoms with E-state index in [1.54, 1.807) is 24.3 Å². The molecule has 2 aromatic heterocycles. The molecule has 0 radical (unpaired) electrons. The number of carbonyl (C=O) groups excluding carboxylic acids is 1. The van der Waals surface area contributed by atoms with Crippen LogP contribution in [0.25, 0.3) is 11.2 Å². The summed E-state index contributed by atoms with van der Waals surface area (Å²) >= 11 is 0.